The van der Waals surface area contributed by atoms with Gasteiger partial charge in [-0.2, -0.15) is 15.1 Å². The number of ether oxygens (including phenoxy) is 1. The quantitative estimate of drug-likeness (QED) is 0.752. The highest BCUT2D eigenvalue weighted by Gasteiger charge is 2.38. The van der Waals surface area contributed by atoms with E-state index < -0.39 is 11.3 Å². The Morgan fingerprint density at radius 1 is 1.22 bits per heavy atom. The van der Waals surface area contributed by atoms with Crippen molar-refractivity contribution in [2.75, 3.05) is 18.4 Å². The van der Waals surface area contributed by atoms with Gasteiger partial charge in [0.25, 0.3) is 5.95 Å². The summed E-state index contributed by atoms with van der Waals surface area (Å²) in [5, 5.41) is 7.62. The van der Waals surface area contributed by atoms with Gasteiger partial charge in [0.05, 0.1) is 18.8 Å². The number of carbonyl (C=O) groups excluding carboxylic acids is 1. The smallest absolute Gasteiger partial charge is 0.255 e. The zero-order valence-electron chi connectivity index (χ0n) is 18.9. The van der Waals surface area contributed by atoms with E-state index in [-0.39, 0.29) is 30.9 Å². The number of anilines is 1. The molecule has 3 heterocycles. The zero-order valence-corrected chi connectivity index (χ0v) is 18.9. The summed E-state index contributed by atoms with van der Waals surface area (Å²) in [7, 11) is 0. The molecule has 0 aromatic carbocycles. The number of halogens is 2. The largest absolute Gasteiger partial charge is 0.470 e. The second-order valence-corrected chi connectivity index (χ2v) is 9.77. The van der Waals surface area contributed by atoms with E-state index in [0.29, 0.717) is 43.6 Å². The Kier molecular flexibility index (Phi) is 5.81. The number of hydrogen-bond acceptors (Lipinski definition) is 6. The highest BCUT2D eigenvalue weighted by molar-refractivity contribution is 5.82. The molecule has 1 saturated heterocycles. The first-order valence-corrected chi connectivity index (χ1v) is 11.0. The first-order valence-electron chi connectivity index (χ1n) is 11.0. The molecule has 2 fully saturated rings. The number of alkyl halides is 2. The molecule has 0 atom stereocenters. The normalized spacial score (nSPS) is 19.5. The summed E-state index contributed by atoms with van der Waals surface area (Å²) in [6, 6.07) is 3.43. The molecule has 0 unspecified atom stereocenters. The van der Waals surface area contributed by atoms with Gasteiger partial charge < -0.3 is 15.0 Å². The van der Waals surface area contributed by atoms with Crippen LogP contribution in [0.3, 0.4) is 0 Å². The Balaban J connectivity index is 1.48. The summed E-state index contributed by atoms with van der Waals surface area (Å²) < 4.78 is 34.6. The summed E-state index contributed by atoms with van der Waals surface area (Å²) >= 11 is 0. The van der Waals surface area contributed by atoms with Gasteiger partial charge in [-0.1, -0.05) is 20.8 Å². The summed E-state index contributed by atoms with van der Waals surface area (Å²) in [4.78, 5) is 23.1. The Hall–Kier alpha value is -2.78. The standard InChI is InChI=1S/C22H30F2N6O2/c1-14-7-10-30(28-14)20-26-17(25-15-5-8-22(23,24)9-6-15)11-18(27-20)32-16-12-29(13-16)19(31)21(2,3)4/h7,10-11,15-16H,5-6,8-9,12-13H2,1-4H3,(H,25,26,27). The Bertz CT molecular complexity index is 971. The highest BCUT2D eigenvalue weighted by Crippen LogP contribution is 2.34. The van der Waals surface area contributed by atoms with Crippen LogP contribution >= 0.6 is 0 Å². The maximum absolute atomic E-state index is 13.5. The predicted octanol–water partition coefficient (Wildman–Crippen LogP) is 3.60. The van der Waals surface area contributed by atoms with E-state index in [4.69, 9.17) is 4.74 Å². The summed E-state index contributed by atoms with van der Waals surface area (Å²) in [5.74, 6) is -1.29. The molecule has 2 aliphatic rings. The Labute approximate surface area is 186 Å². The van der Waals surface area contributed by atoms with Gasteiger partial charge in [0.15, 0.2) is 0 Å². The molecule has 0 bridgehead atoms. The van der Waals surface area contributed by atoms with Crippen molar-refractivity contribution in [1.29, 1.82) is 0 Å². The number of aromatic nitrogens is 4. The number of likely N-dealkylation sites (tertiary alicyclic amines) is 1. The summed E-state index contributed by atoms with van der Waals surface area (Å²) in [6.07, 6.45) is 2.07. The molecule has 2 aromatic heterocycles. The van der Waals surface area contributed by atoms with Crippen LogP contribution < -0.4 is 10.1 Å². The van der Waals surface area contributed by atoms with E-state index in [1.807, 2.05) is 33.8 Å². The summed E-state index contributed by atoms with van der Waals surface area (Å²) in [5.41, 5.74) is 0.387. The number of amides is 1. The molecule has 1 N–H and O–H groups in total. The molecule has 2 aromatic rings. The van der Waals surface area contributed by atoms with Crippen LogP contribution in [-0.2, 0) is 4.79 Å². The fourth-order valence-electron chi connectivity index (χ4n) is 3.89. The predicted molar refractivity (Wildman–Crippen MR) is 115 cm³/mol. The molecule has 10 heteroatoms. The maximum atomic E-state index is 13.5. The van der Waals surface area contributed by atoms with E-state index in [9.17, 15) is 13.6 Å². The van der Waals surface area contributed by atoms with Crippen LogP contribution in [0.1, 0.15) is 52.1 Å². The van der Waals surface area contributed by atoms with Crippen molar-refractivity contribution in [2.45, 2.75) is 71.4 Å². The molecule has 32 heavy (non-hydrogen) atoms. The van der Waals surface area contributed by atoms with Gasteiger partial charge in [-0.15, -0.1) is 0 Å². The maximum Gasteiger partial charge on any atom is 0.255 e. The lowest BCUT2D eigenvalue weighted by Gasteiger charge is -2.41. The topological polar surface area (TPSA) is 85.2 Å². The van der Waals surface area contributed by atoms with Gasteiger partial charge in [-0.3, -0.25) is 4.79 Å². The number of aryl methyl sites for hydroxylation is 1. The molecule has 0 radical (unpaired) electrons. The molecule has 1 amide bonds. The highest BCUT2D eigenvalue weighted by atomic mass is 19.3. The minimum atomic E-state index is -2.59. The minimum Gasteiger partial charge on any atom is -0.470 e. The first-order chi connectivity index (χ1) is 15.0. The lowest BCUT2D eigenvalue weighted by molar-refractivity contribution is -0.148. The number of nitrogens with zero attached hydrogens (tertiary/aromatic N) is 5. The second-order valence-electron chi connectivity index (χ2n) is 9.77. The Morgan fingerprint density at radius 2 is 1.91 bits per heavy atom. The number of carbonyl (C=O) groups is 1. The third-order valence-electron chi connectivity index (χ3n) is 5.75. The van der Waals surface area contributed by atoms with Gasteiger partial charge in [-0.25, -0.2) is 13.5 Å². The van der Waals surface area contributed by atoms with Gasteiger partial charge >= 0.3 is 0 Å². The van der Waals surface area contributed by atoms with Crippen molar-refractivity contribution >= 4 is 11.7 Å². The second kappa shape index (κ2) is 8.29. The van der Waals surface area contributed by atoms with Gasteiger partial charge in [-0.05, 0) is 25.8 Å². The van der Waals surface area contributed by atoms with Crippen molar-refractivity contribution < 1.29 is 18.3 Å². The average molecular weight is 449 g/mol. The van der Waals surface area contributed by atoms with Crippen molar-refractivity contribution in [3.8, 4) is 11.8 Å². The van der Waals surface area contributed by atoms with E-state index in [1.165, 1.54) is 0 Å². The van der Waals surface area contributed by atoms with Crippen molar-refractivity contribution in [2.24, 2.45) is 5.41 Å². The van der Waals surface area contributed by atoms with E-state index in [0.717, 1.165) is 5.69 Å². The van der Waals surface area contributed by atoms with Crippen LogP contribution in [-0.4, -0.2) is 61.7 Å². The minimum absolute atomic E-state index is 0.0872. The first kappa shape index (κ1) is 22.4. The number of rotatable bonds is 5. The van der Waals surface area contributed by atoms with Crippen LogP contribution in [0.15, 0.2) is 18.3 Å². The van der Waals surface area contributed by atoms with Gasteiger partial charge in [0.2, 0.25) is 17.7 Å². The fourth-order valence-corrected chi connectivity index (χ4v) is 3.89. The van der Waals surface area contributed by atoms with E-state index in [1.54, 1.807) is 21.8 Å². The van der Waals surface area contributed by atoms with E-state index >= 15 is 0 Å². The van der Waals surface area contributed by atoms with Crippen LogP contribution in [0.2, 0.25) is 0 Å². The Morgan fingerprint density at radius 3 is 2.50 bits per heavy atom. The van der Waals surface area contributed by atoms with Crippen LogP contribution in [0.5, 0.6) is 5.88 Å². The number of nitrogens with one attached hydrogen (secondary N) is 1. The fraction of sp³-hybridized carbons (Fsp3) is 0.636. The average Bonchev–Trinajstić information content (AvgIpc) is 3.11. The molecule has 8 nitrogen and oxygen atoms in total. The van der Waals surface area contributed by atoms with Crippen molar-refractivity contribution in [1.82, 2.24) is 24.6 Å². The van der Waals surface area contributed by atoms with Crippen molar-refractivity contribution in [3.63, 3.8) is 0 Å². The zero-order chi connectivity index (χ0) is 23.1. The molecular formula is C22H30F2N6O2. The molecule has 1 aliphatic carbocycles. The molecule has 4 rings (SSSR count). The third kappa shape index (κ3) is 5.16. The molecular weight excluding hydrogens is 418 g/mol. The lowest BCUT2D eigenvalue weighted by Crippen LogP contribution is -2.58. The third-order valence-corrected chi connectivity index (χ3v) is 5.75. The summed E-state index contributed by atoms with van der Waals surface area (Å²) in [6.45, 7) is 8.54. The van der Waals surface area contributed by atoms with E-state index in [2.05, 4.69) is 20.4 Å². The van der Waals surface area contributed by atoms with Crippen LogP contribution in [0.4, 0.5) is 14.6 Å². The molecule has 1 aliphatic heterocycles. The van der Waals surface area contributed by atoms with Crippen LogP contribution in [0, 0.1) is 12.3 Å². The number of hydrogen-bond donors (Lipinski definition) is 1. The lowest BCUT2D eigenvalue weighted by atomic mass is 9.92. The van der Waals surface area contributed by atoms with Gasteiger partial charge in [0.1, 0.15) is 11.9 Å². The monoisotopic (exact) mass is 448 g/mol. The molecule has 174 valence electrons. The molecule has 0 spiro atoms. The molecule has 1 saturated carbocycles. The van der Waals surface area contributed by atoms with Crippen LogP contribution in [0.25, 0.3) is 5.95 Å². The SMILES string of the molecule is Cc1ccn(-c2nc(NC3CCC(F)(F)CC3)cc(OC3CN(C(=O)C(C)(C)C)C3)n2)n1. The van der Waals surface area contributed by atoms with Gasteiger partial charge in [0, 0.05) is 36.6 Å². The van der Waals surface area contributed by atoms with Crippen molar-refractivity contribution in [3.05, 3.63) is 24.0 Å².